The largest absolute Gasteiger partial charge is 0.466 e. The Morgan fingerprint density at radius 2 is 1.75 bits per heavy atom. The second-order valence-corrected chi connectivity index (χ2v) is 5.95. The molecule has 0 unspecified atom stereocenters. The van der Waals surface area contributed by atoms with Gasteiger partial charge in [0, 0.05) is 19.2 Å². The van der Waals surface area contributed by atoms with E-state index in [1.807, 2.05) is 0 Å². The zero-order valence-electron chi connectivity index (χ0n) is 11.9. The van der Waals surface area contributed by atoms with Crippen LogP contribution < -0.4 is 0 Å². The molecular weight excluding hydrogens is 278 g/mol. The van der Waals surface area contributed by atoms with Crippen LogP contribution in [-0.2, 0) is 19.6 Å². The molecule has 0 aromatic heterocycles. The maximum atomic E-state index is 12.3. The fourth-order valence-corrected chi connectivity index (χ4v) is 3.15. The number of hydrogen-bond donors (Lipinski definition) is 0. The van der Waals surface area contributed by atoms with Gasteiger partial charge < -0.3 is 4.74 Å². The highest BCUT2D eigenvalue weighted by Crippen LogP contribution is 2.16. The van der Waals surface area contributed by atoms with Crippen molar-refractivity contribution < 1.29 is 17.9 Å². The van der Waals surface area contributed by atoms with Crippen LogP contribution in [-0.4, -0.2) is 38.9 Å². The van der Waals surface area contributed by atoms with Crippen molar-refractivity contribution in [3.05, 3.63) is 35.9 Å². The second kappa shape index (κ2) is 7.21. The van der Waals surface area contributed by atoms with E-state index in [0.29, 0.717) is 13.1 Å². The van der Waals surface area contributed by atoms with Gasteiger partial charge >= 0.3 is 5.97 Å². The molecule has 1 rings (SSSR count). The van der Waals surface area contributed by atoms with Gasteiger partial charge in [-0.3, -0.25) is 0 Å². The molecule has 1 aromatic rings. The summed E-state index contributed by atoms with van der Waals surface area (Å²) in [4.78, 5) is 11.2. The summed E-state index contributed by atoms with van der Waals surface area (Å²) < 4.78 is 30.4. The molecule has 0 aliphatic rings. The molecule has 5 nitrogen and oxygen atoms in total. The summed E-state index contributed by atoms with van der Waals surface area (Å²) in [6, 6.07) is 6.36. The van der Waals surface area contributed by atoms with Crippen LogP contribution in [0.5, 0.6) is 0 Å². The van der Waals surface area contributed by atoms with E-state index in [1.165, 1.54) is 29.6 Å². The molecule has 0 saturated heterocycles. The average Bonchev–Trinajstić information content (AvgIpc) is 2.46. The van der Waals surface area contributed by atoms with Crippen molar-refractivity contribution in [2.45, 2.75) is 18.7 Å². The molecule has 0 radical (unpaired) electrons. The van der Waals surface area contributed by atoms with Gasteiger partial charge in [0.2, 0.25) is 10.0 Å². The lowest BCUT2D eigenvalue weighted by atomic mass is 10.2. The SMILES string of the molecule is CCN(CC)S(=O)(=O)c1ccc(C=CC(=O)OC)cc1. The first-order chi connectivity index (χ1) is 9.45. The first-order valence-electron chi connectivity index (χ1n) is 6.32. The third-order valence-corrected chi connectivity index (χ3v) is 4.90. The van der Waals surface area contributed by atoms with Crippen LogP contribution >= 0.6 is 0 Å². The van der Waals surface area contributed by atoms with Crippen molar-refractivity contribution in [3.63, 3.8) is 0 Å². The summed E-state index contributed by atoms with van der Waals surface area (Å²) in [7, 11) is -2.14. The van der Waals surface area contributed by atoms with E-state index >= 15 is 0 Å². The Kier molecular flexibility index (Phi) is 5.91. The Labute approximate surface area is 119 Å². The predicted octanol–water partition coefficient (Wildman–Crippen LogP) is 1.90. The third-order valence-electron chi connectivity index (χ3n) is 2.84. The quantitative estimate of drug-likeness (QED) is 0.594. The van der Waals surface area contributed by atoms with Gasteiger partial charge in [0.25, 0.3) is 0 Å². The number of sulfonamides is 1. The van der Waals surface area contributed by atoms with E-state index in [4.69, 9.17) is 0 Å². The normalized spacial score (nSPS) is 12.0. The number of nitrogens with zero attached hydrogens (tertiary/aromatic N) is 1. The topological polar surface area (TPSA) is 63.7 Å². The van der Waals surface area contributed by atoms with Gasteiger partial charge in [0.1, 0.15) is 0 Å². The van der Waals surface area contributed by atoms with Crippen LogP contribution in [0.25, 0.3) is 6.08 Å². The number of benzene rings is 1. The highest BCUT2D eigenvalue weighted by Gasteiger charge is 2.20. The van der Waals surface area contributed by atoms with Crippen molar-refractivity contribution in [2.24, 2.45) is 0 Å². The van der Waals surface area contributed by atoms with E-state index in [-0.39, 0.29) is 4.90 Å². The summed E-state index contributed by atoms with van der Waals surface area (Å²) in [5.41, 5.74) is 0.730. The first-order valence-corrected chi connectivity index (χ1v) is 7.76. The summed E-state index contributed by atoms with van der Waals surface area (Å²) in [5, 5.41) is 0. The number of carbonyl (C=O) groups excluding carboxylic acids is 1. The Balaban J connectivity index is 2.97. The van der Waals surface area contributed by atoms with E-state index < -0.39 is 16.0 Å². The first kappa shape index (κ1) is 16.4. The highest BCUT2D eigenvalue weighted by atomic mass is 32.2. The molecule has 0 atom stereocenters. The van der Waals surface area contributed by atoms with Gasteiger partial charge in [0.15, 0.2) is 0 Å². The van der Waals surface area contributed by atoms with Gasteiger partial charge in [0.05, 0.1) is 12.0 Å². The van der Waals surface area contributed by atoms with Crippen LogP contribution in [0.1, 0.15) is 19.4 Å². The Hall–Kier alpha value is -1.66. The number of hydrogen-bond acceptors (Lipinski definition) is 4. The minimum absolute atomic E-state index is 0.247. The summed E-state index contributed by atoms with van der Waals surface area (Å²) in [5.74, 6) is -0.454. The van der Waals surface area contributed by atoms with Gasteiger partial charge in [-0.15, -0.1) is 0 Å². The number of ether oxygens (including phenoxy) is 1. The molecule has 0 N–H and O–H groups in total. The minimum Gasteiger partial charge on any atom is -0.466 e. The molecule has 0 spiro atoms. The van der Waals surface area contributed by atoms with Crippen LogP contribution in [0, 0.1) is 0 Å². The molecule has 20 heavy (non-hydrogen) atoms. The lowest BCUT2D eigenvalue weighted by Crippen LogP contribution is -2.30. The van der Waals surface area contributed by atoms with E-state index in [1.54, 1.807) is 32.1 Å². The van der Waals surface area contributed by atoms with Gasteiger partial charge in [-0.2, -0.15) is 4.31 Å². The molecular formula is C14H19NO4S. The molecule has 1 aromatic carbocycles. The number of methoxy groups -OCH3 is 1. The molecule has 6 heteroatoms. The molecule has 0 heterocycles. The minimum atomic E-state index is -3.44. The van der Waals surface area contributed by atoms with Crippen LogP contribution in [0.4, 0.5) is 0 Å². The average molecular weight is 297 g/mol. The Morgan fingerprint density at radius 3 is 2.20 bits per heavy atom. The molecule has 0 saturated carbocycles. The Morgan fingerprint density at radius 1 is 1.20 bits per heavy atom. The third kappa shape index (κ3) is 3.91. The van der Waals surface area contributed by atoms with Crippen molar-refractivity contribution >= 4 is 22.1 Å². The highest BCUT2D eigenvalue weighted by molar-refractivity contribution is 7.89. The maximum absolute atomic E-state index is 12.3. The zero-order valence-corrected chi connectivity index (χ0v) is 12.7. The lowest BCUT2D eigenvalue weighted by Gasteiger charge is -2.18. The second-order valence-electron chi connectivity index (χ2n) is 4.01. The number of esters is 1. The van der Waals surface area contributed by atoms with E-state index in [2.05, 4.69) is 4.74 Å². The predicted molar refractivity (Wildman–Crippen MR) is 77.6 cm³/mol. The smallest absolute Gasteiger partial charge is 0.330 e. The Bertz CT molecular complexity index is 572. The van der Waals surface area contributed by atoms with Crippen LogP contribution in [0.3, 0.4) is 0 Å². The van der Waals surface area contributed by atoms with Crippen molar-refractivity contribution in [1.29, 1.82) is 0 Å². The molecule has 0 aliphatic carbocycles. The van der Waals surface area contributed by atoms with Crippen molar-refractivity contribution in [3.8, 4) is 0 Å². The van der Waals surface area contributed by atoms with E-state index in [0.717, 1.165) is 5.56 Å². The number of rotatable bonds is 6. The van der Waals surface area contributed by atoms with Crippen LogP contribution in [0.2, 0.25) is 0 Å². The fourth-order valence-electron chi connectivity index (χ4n) is 1.70. The standard InChI is InChI=1S/C14H19NO4S/c1-4-15(5-2)20(17,18)13-9-6-12(7-10-13)8-11-14(16)19-3/h6-11H,4-5H2,1-3H3. The molecule has 0 aliphatic heterocycles. The van der Waals surface area contributed by atoms with E-state index in [9.17, 15) is 13.2 Å². The molecule has 0 amide bonds. The van der Waals surface area contributed by atoms with Crippen molar-refractivity contribution in [2.75, 3.05) is 20.2 Å². The summed E-state index contributed by atoms with van der Waals surface area (Å²) in [6.45, 7) is 4.47. The number of carbonyl (C=O) groups is 1. The molecule has 110 valence electrons. The van der Waals surface area contributed by atoms with Crippen LogP contribution in [0.15, 0.2) is 35.2 Å². The monoisotopic (exact) mass is 297 g/mol. The lowest BCUT2D eigenvalue weighted by molar-refractivity contribution is -0.134. The van der Waals surface area contributed by atoms with Gasteiger partial charge in [-0.1, -0.05) is 26.0 Å². The van der Waals surface area contributed by atoms with Gasteiger partial charge in [-0.25, -0.2) is 13.2 Å². The maximum Gasteiger partial charge on any atom is 0.330 e. The molecule has 0 fully saturated rings. The fraction of sp³-hybridized carbons (Fsp3) is 0.357. The molecule has 0 bridgehead atoms. The summed E-state index contributed by atoms with van der Waals surface area (Å²) in [6.07, 6.45) is 2.85. The van der Waals surface area contributed by atoms with Gasteiger partial charge in [-0.05, 0) is 23.8 Å². The summed E-state index contributed by atoms with van der Waals surface area (Å²) >= 11 is 0. The zero-order chi connectivity index (χ0) is 15.2. The van der Waals surface area contributed by atoms with Crippen molar-refractivity contribution in [1.82, 2.24) is 4.31 Å².